The second-order valence-electron chi connectivity index (χ2n) is 7.87. The average Bonchev–Trinajstić information content (AvgIpc) is 3.01. The van der Waals surface area contributed by atoms with Crippen LogP contribution in [0.3, 0.4) is 0 Å². The molecule has 1 N–H and O–H groups in total. The molecule has 3 rings (SSSR count). The van der Waals surface area contributed by atoms with Crippen molar-refractivity contribution in [3.8, 4) is 0 Å². The summed E-state index contributed by atoms with van der Waals surface area (Å²) in [4.78, 5) is 12.8. The van der Waals surface area contributed by atoms with E-state index in [2.05, 4.69) is 19.2 Å². The van der Waals surface area contributed by atoms with Gasteiger partial charge in [-0.05, 0) is 68.5 Å². The van der Waals surface area contributed by atoms with E-state index in [4.69, 9.17) is 0 Å². The van der Waals surface area contributed by atoms with Crippen molar-refractivity contribution in [2.24, 2.45) is 0 Å². The van der Waals surface area contributed by atoms with Crippen LogP contribution in [0.15, 0.2) is 53.4 Å². The summed E-state index contributed by atoms with van der Waals surface area (Å²) in [6.45, 7) is 8.08. The summed E-state index contributed by atoms with van der Waals surface area (Å²) in [5.74, 6) is 0.0962. The second kappa shape index (κ2) is 8.05. The molecule has 0 aromatic heterocycles. The molecule has 0 unspecified atom stereocenters. The largest absolute Gasteiger partial charge is 0.322 e. The Morgan fingerprint density at radius 1 is 1.04 bits per heavy atom. The molecule has 28 heavy (non-hydrogen) atoms. The van der Waals surface area contributed by atoms with Gasteiger partial charge in [-0.1, -0.05) is 32.0 Å². The Morgan fingerprint density at radius 2 is 1.64 bits per heavy atom. The zero-order chi connectivity index (χ0) is 20.5. The number of nitrogens with one attached hydrogen (secondary N) is 1. The van der Waals surface area contributed by atoms with Gasteiger partial charge in [0.05, 0.1) is 4.90 Å². The second-order valence-corrected chi connectivity index (χ2v) is 9.71. The van der Waals surface area contributed by atoms with E-state index in [0.29, 0.717) is 17.2 Å². The Kier molecular flexibility index (Phi) is 5.91. The minimum atomic E-state index is -3.63. The highest BCUT2D eigenvalue weighted by Gasteiger charge is 2.37. The van der Waals surface area contributed by atoms with E-state index < -0.39 is 10.0 Å². The van der Waals surface area contributed by atoms with E-state index in [-0.39, 0.29) is 22.9 Å². The smallest absolute Gasteiger partial charge is 0.255 e. The topological polar surface area (TPSA) is 66.5 Å². The molecule has 1 amide bonds. The molecule has 1 heterocycles. The molecule has 5 nitrogen and oxygen atoms in total. The summed E-state index contributed by atoms with van der Waals surface area (Å²) in [5, 5.41) is 2.84. The Morgan fingerprint density at radius 3 is 2.21 bits per heavy atom. The predicted molar refractivity (Wildman–Crippen MR) is 112 cm³/mol. The quantitative estimate of drug-likeness (QED) is 0.796. The Balaban J connectivity index is 1.81. The van der Waals surface area contributed by atoms with Gasteiger partial charge >= 0.3 is 0 Å². The first-order valence-corrected chi connectivity index (χ1v) is 11.2. The number of hydrogen-bond acceptors (Lipinski definition) is 3. The van der Waals surface area contributed by atoms with Crippen LogP contribution in [0.1, 0.15) is 62.4 Å². The highest BCUT2D eigenvalue weighted by Crippen LogP contribution is 2.31. The lowest BCUT2D eigenvalue weighted by molar-refractivity contribution is 0.102. The van der Waals surface area contributed by atoms with Crippen LogP contribution in [0.2, 0.25) is 0 Å². The standard InChI is InChI=1S/C22H28N2O3S/c1-15(2)18-10-12-20(13-11-18)23-22(25)19-6-5-7-21(14-19)28(26,27)24-16(3)8-9-17(24)4/h5-7,10-17H,8-9H2,1-4H3,(H,23,25)/t16-,17-/m1/s1. The van der Waals surface area contributed by atoms with Gasteiger partial charge in [0.15, 0.2) is 0 Å². The van der Waals surface area contributed by atoms with Crippen LogP contribution in [0.25, 0.3) is 0 Å². The number of carbonyl (C=O) groups excluding carboxylic acids is 1. The summed E-state index contributed by atoms with van der Waals surface area (Å²) in [6.07, 6.45) is 1.71. The molecule has 1 fully saturated rings. The number of carbonyl (C=O) groups is 1. The van der Waals surface area contributed by atoms with Crippen molar-refractivity contribution in [1.29, 1.82) is 0 Å². The van der Waals surface area contributed by atoms with Crippen molar-refractivity contribution < 1.29 is 13.2 Å². The summed E-state index contributed by atoms with van der Waals surface area (Å²) in [7, 11) is -3.63. The van der Waals surface area contributed by atoms with E-state index in [1.165, 1.54) is 11.6 Å². The van der Waals surface area contributed by atoms with Gasteiger partial charge < -0.3 is 5.32 Å². The van der Waals surface area contributed by atoms with Crippen LogP contribution in [-0.2, 0) is 10.0 Å². The normalized spacial score (nSPS) is 20.5. The third-order valence-corrected chi connectivity index (χ3v) is 7.50. The molecule has 0 radical (unpaired) electrons. The van der Waals surface area contributed by atoms with Crippen molar-refractivity contribution in [2.45, 2.75) is 63.4 Å². The summed E-state index contributed by atoms with van der Waals surface area (Å²) in [5.41, 5.74) is 2.21. The Labute approximate surface area is 167 Å². The van der Waals surface area contributed by atoms with E-state index in [0.717, 1.165) is 12.8 Å². The molecule has 0 bridgehead atoms. The lowest BCUT2D eigenvalue weighted by Crippen LogP contribution is -2.38. The molecule has 2 aromatic rings. The number of nitrogens with zero attached hydrogens (tertiary/aromatic N) is 1. The number of hydrogen-bond donors (Lipinski definition) is 1. The van der Waals surface area contributed by atoms with Gasteiger partial charge in [-0.2, -0.15) is 4.31 Å². The molecule has 2 atom stereocenters. The fourth-order valence-corrected chi connectivity index (χ4v) is 5.65. The van der Waals surface area contributed by atoms with Crippen LogP contribution in [0, 0.1) is 0 Å². The summed E-state index contributed by atoms with van der Waals surface area (Å²) >= 11 is 0. The predicted octanol–water partition coefficient (Wildman–Crippen LogP) is 4.62. The van der Waals surface area contributed by atoms with Gasteiger partial charge in [-0.3, -0.25) is 4.79 Å². The van der Waals surface area contributed by atoms with Gasteiger partial charge in [0.25, 0.3) is 5.91 Å². The van der Waals surface area contributed by atoms with E-state index in [1.54, 1.807) is 22.5 Å². The number of rotatable bonds is 5. The van der Waals surface area contributed by atoms with Crippen molar-refractivity contribution in [1.82, 2.24) is 4.31 Å². The molecule has 1 aliphatic rings. The zero-order valence-electron chi connectivity index (χ0n) is 16.8. The van der Waals surface area contributed by atoms with Crippen molar-refractivity contribution in [3.05, 3.63) is 59.7 Å². The fraction of sp³-hybridized carbons (Fsp3) is 0.409. The molecular weight excluding hydrogens is 372 g/mol. The SMILES string of the molecule is CC(C)c1ccc(NC(=O)c2cccc(S(=O)(=O)N3[C@H](C)CC[C@H]3C)c2)cc1. The number of benzene rings is 2. The Bertz CT molecular complexity index is 942. The van der Waals surface area contributed by atoms with E-state index in [1.807, 2.05) is 38.1 Å². The van der Waals surface area contributed by atoms with Crippen LogP contribution in [0.5, 0.6) is 0 Å². The van der Waals surface area contributed by atoms with Gasteiger partial charge in [-0.15, -0.1) is 0 Å². The van der Waals surface area contributed by atoms with E-state index in [9.17, 15) is 13.2 Å². The Hall–Kier alpha value is -2.18. The molecule has 0 saturated carbocycles. The molecular formula is C22H28N2O3S. The van der Waals surface area contributed by atoms with Crippen LogP contribution < -0.4 is 5.32 Å². The van der Waals surface area contributed by atoms with Crippen molar-refractivity contribution in [2.75, 3.05) is 5.32 Å². The summed E-state index contributed by atoms with van der Waals surface area (Å²) in [6, 6.07) is 13.9. The number of sulfonamides is 1. The minimum absolute atomic E-state index is 0.0306. The molecule has 150 valence electrons. The third kappa shape index (κ3) is 4.13. The monoisotopic (exact) mass is 400 g/mol. The van der Waals surface area contributed by atoms with Gasteiger partial charge in [-0.25, -0.2) is 8.42 Å². The molecule has 0 spiro atoms. The first-order valence-electron chi connectivity index (χ1n) is 9.75. The zero-order valence-corrected chi connectivity index (χ0v) is 17.7. The first-order chi connectivity index (χ1) is 13.2. The van der Waals surface area contributed by atoms with Crippen LogP contribution in [-0.4, -0.2) is 30.7 Å². The highest BCUT2D eigenvalue weighted by molar-refractivity contribution is 7.89. The average molecular weight is 401 g/mol. The molecule has 1 saturated heterocycles. The molecule has 6 heteroatoms. The maximum absolute atomic E-state index is 13.1. The number of anilines is 1. The van der Waals surface area contributed by atoms with E-state index >= 15 is 0 Å². The fourth-order valence-electron chi connectivity index (χ4n) is 3.72. The molecule has 2 aromatic carbocycles. The maximum atomic E-state index is 13.1. The maximum Gasteiger partial charge on any atom is 0.255 e. The minimum Gasteiger partial charge on any atom is -0.322 e. The van der Waals surface area contributed by atoms with Crippen molar-refractivity contribution >= 4 is 21.6 Å². The third-order valence-electron chi connectivity index (χ3n) is 5.38. The first kappa shape index (κ1) is 20.6. The van der Waals surface area contributed by atoms with Crippen LogP contribution in [0.4, 0.5) is 5.69 Å². The van der Waals surface area contributed by atoms with Gasteiger partial charge in [0, 0.05) is 23.3 Å². The molecule has 1 aliphatic heterocycles. The lowest BCUT2D eigenvalue weighted by Gasteiger charge is -2.25. The van der Waals surface area contributed by atoms with Crippen LogP contribution >= 0.6 is 0 Å². The lowest BCUT2D eigenvalue weighted by atomic mass is 10.0. The van der Waals surface area contributed by atoms with Gasteiger partial charge in [0.1, 0.15) is 0 Å². The highest BCUT2D eigenvalue weighted by atomic mass is 32.2. The van der Waals surface area contributed by atoms with Crippen molar-refractivity contribution in [3.63, 3.8) is 0 Å². The molecule has 0 aliphatic carbocycles. The summed E-state index contributed by atoms with van der Waals surface area (Å²) < 4.78 is 27.7. The number of amides is 1. The van der Waals surface area contributed by atoms with Gasteiger partial charge in [0.2, 0.25) is 10.0 Å².